The third-order valence-corrected chi connectivity index (χ3v) is 13.5. The van der Waals surface area contributed by atoms with Crippen LogP contribution in [0.4, 0.5) is 11.4 Å². The maximum Gasteiger partial charge on any atom is 0.264 e. The molecule has 10 nitrogen and oxygen atoms in total. The first-order valence-corrected chi connectivity index (χ1v) is 20.8. The fourth-order valence-electron chi connectivity index (χ4n) is 8.56. The minimum Gasteiger partial charge on any atom is -0.497 e. The lowest BCUT2D eigenvalue weighted by atomic mass is 9.82. The highest BCUT2D eigenvalue weighted by atomic mass is 28.4. The van der Waals surface area contributed by atoms with Crippen LogP contribution in [0.1, 0.15) is 46.0 Å². The molecule has 3 heterocycles. The molecule has 52 heavy (non-hydrogen) atoms. The normalized spacial score (nSPS) is 23.8. The molecule has 5 atom stereocenters. The predicted octanol–water partition coefficient (Wildman–Crippen LogP) is 5.63. The second kappa shape index (κ2) is 14.0. The number of aliphatic hydroxyl groups excluding tert-OH is 1. The molecule has 3 amide bonds. The van der Waals surface area contributed by atoms with Crippen LogP contribution in [0.3, 0.4) is 0 Å². The standard InChI is InChI=1S/C41H45N3O7Si/c1-26-38(52(3,4)49)36(22-37(46)43-24-30-13-9-8-12-29(30)20-32(43)25-45)51-41(26)34-21-31(42-39(47)28-14-17-33(50-2)18-15-28)16-19-35(34)44(40(41)48)23-27-10-6-5-7-11-27/h5-19,21,26,32,36,38,45,49H,20,22-25H2,1-4H3,(H,42,47)/t26-,32-,36+,38-,41+/m0/s1. The number of methoxy groups -OCH3 is 1. The van der Waals surface area contributed by atoms with Gasteiger partial charge >= 0.3 is 0 Å². The summed E-state index contributed by atoms with van der Waals surface area (Å²) in [5, 5.41) is 13.3. The summed E-state index contributed by atoms with van der Waals surface area (Å²) >= 11 is 0. The quantitative estimate of drug-likeness (QED) is 0.192. The average Bonchev–Trinajstić information content (AvgIpc) is 3.57. The average molecular weight is 720 g/mol. The molecule has 1 saturated heterocycles. The maximum absolute atomic E-state index is 15.0. The monoisotopic (exact) mass is 719 g/mol. The number of fused-ring (bicyclic) bond motifs is 3. The van der Waals surface area contributed by atoms with Gasteiger partial charge in [0.2, 0.25) is 5.91 Å². The molecule has 270 valence electrons. The number of aliphatic hydroxyl groups is 1. The Balaban J connectivity index is 1.25. The van der Waals surface area contributed by atoms with Gasteiger partial charge < -0.3 is 34.5 Å². The van der Waals surface area contributed by atoms with Gasteiger partial charge in [0.1, 0.15) is 5.75 Å². The molecule has 4 aromatic rings. The number of hydrogen-bond donors (Lipinski definition) is 3. The van der Waals surface area contributed by atoms with Gasteiger partial charge in [-0.2, -0.15) is 0 Å². The molecule has 0 aliphatic carbocycles. The summed E-state index contributed by atoms with van der Waals surface area (Å²) < 4.78 is 12.2. The number of carbonyl (C=O) groups is 3. The van der Waals surface area contributed by atoms with E-state index in [1.54, 1.807) is 53.3 Å². The van der Waals surface area contributed by atoms with Crippen molar-refractivity contribution in [1.29, 1.82) is 0 Å². The molecule has 4 aromatic carbocycles. The molecule has 0 radical (unpaired) electrons. The number of nitrogens with zero attached hydrogens (tertiary/aromatic N) is 2. The van der Waals surface area contributed by atoms with E-state index in [1.165, 1.54) is 0 Å². The fraction of sp³-hybridized carbons (Fsp3) is 0.341. The molecule has 0 bridgehead atoms. The highest BCUT2D eigenvalue weighted by Gasteiger charge is 2.66. The van der Waals surface area contributed by atoms with Gasteiger partial charge in [0.15, 0.2) is 13.9 Å². The first-order chi connectivity index (χ1) is 24.9. The molecule has 3 N–H and O–H groups in total. The van der Waals surface area contributed by atoms with Crippen LogP contribution >= 0.6 is 0 Å². The van der Waals surface area contributed by atoms with Crippen molar-refractivity contribution in [2.45, 2.75) is 69.2 Å². The number of hydrogen-bond acceptors (Lipinski definition) is 7. The van der Waals surface area contributed by atoms with Gasteiger partial charge in [-0.15, -0.1) is 0 Å². The highest BCUT2D eigenvalue weighted by molar-refractivity contribution is 6.71. The highest BCUT2D eigenvalue weighted by Crippen LogP contribution is 2.60. The zero-order valence-electron chi connectivity index (χ0n) is 29.9. The SMILES string of the molecule is COc1ccc(C(=O)Nc2ccc3c(c2)[C@@]2(O[C@H](CC(=O)N4Cc5ccccc5C[C@H]4CO)[C@@H]([Si](C)(C)O)[C@@H]2C)C(=O)N3Cc2ccccc2)cc1. The van der Waals surface area contributed by atoms with E-state index in [4.69, 9.17) is 9.47 Å². The van der Waals surface area contributed by atoms with Crippen LogP contribution in [0.2, 0.25) is 18.6 Å². The number of nitrogens with one attached hydrogen (secondary N) is 1. The Labute approximate surface area is 305 Å². The summed E-state index contributed by atoms with van der Waals surface area (Å²) in [4.78, 5) is 57.8. The lowest BCUT2D eigenvalue weighted by Crippen LogP contribution is -2.48. The molecule has 0 aromatic heterocycles. The van der Waals surface area contributed by atoms with Crippen LogP contribution in [0, 0.1) is 5.92 Å². The van der Waals surface area contributed by atoms with Gasteiger partial charge in [-0.25, -0.2) is 0 Å². The number of amides is 3. The molecule has 11 heteroatoms. The Morgan fingerprint density at radius 3 is 2.35 bits per heavy atom. The second-order valence-corrected chi connectivity index (χ2v) is 18.7. The molecule has 3 aliphatic rings. The molecule has 0 saturated carbocycles. The Hall–Kier alpha value is -4.81. The van der Waals surface area contributed by atoms with E-state index >= 15 is 0 Å². The van der Waals surface area contributed by atoms with Crippen LogP contribution in [-0.2, 0) is 39.4 Å². The first kappa shape index (κ1) is 35.6. The fourth-order valence-corrected chi connectivity index (χ4v) is 11.1. The van der Waals surface area contributed by atoms with Crippen LogP contribution in [-0.4, -0.2) is 66.7 Å². The third kappa shape index (κ3) is 6.32. The number of ether oxygens (including phenoxy) is 2. The van der Waals surface area contributed by atoms with Crippen molar-refractivity contribution in [2.24, 2.45) is 5.92 Å². The number of anilines is 2. The number of rotatable bonds is 9. The first-order valence-electron chi connectivity index (χ1n) is 17.8. The molecular weight excluding hydrogens is 675 g/mol. The topological polar surface area (TPSA) is 129 Å². The van der Waals surface area contributed by atoms with E-state index in [2.05, 4.69) is 5.32 Å². The zero-order chi connectivity index (χ0) is 36.8. The number of carbonyl (C=O) groups excluding carboxylic acids is 3. The van der Waals surface area contributed by atoms with Crippen molar-refractivity contribution >= 4 is 37.4 Å². The molecular formula is C41H45N3O7Si. The van der Waals surface area contributed by atoms with Crippen LogP contribution < -0.4 is 15.0 Å². The summed E-state index contributed by atoms with van der Waals surface area (Å²) in [5.41, 5.74) is 3.25. The van der Waals surface area contributed by atoms with Gasteiger partial charge in [-0.3, -0.25) is 14.4 Å². The Kier molecular flexibility index (Phi) is 9.55. The molecule has 1 fully saturated rings. The Bertz CT molecular complexity index is 1980. The second-order valence-electron chi connectivity index (χ2n) is 14.7. The van der Waals surface area contributed by atoms with Crippen molar-refractivity contribution < 1.29 is 33.8 Å². The molecule has 0 unspecified atom stereocenters. The summed E-state index contributed by atoms with van der Waals surface area (Å²) in [5.74, 6) is -0.661. The van der Waals surface area contributed by atoms with Gasteiger partial charge in [-0.05, 0) is 78.7 Å². The molecule has 3 aliphatic heterocycles. The summed E-state index contributed by atoms with van der Waals surface area (Å²) in [7, 11) is -1.51. The zero-order valence-corrected chi connectivity index (χ0v) is 30.9. The minimum atomic E-state index is -3.08. The van der Waals surface area contributed by atoms with Crippen LogP contribution in [0.15, 0.2) is 97.1 Å². The maximum atomic E-state index is 15.0. The van der Waals surface area contributed by atoms with E-state index in [-0.39, 0.29) is 36.8 Å². The predicted molar refractivity (Wildman–Crippen MR) is 200 cm³/mol. The molecule has 1 spiro atoms. The van der Waals surface area contributed by atoms with Crippen molar-refractivity contribution in [3.8, 4) is 5.75 Å². The lowest BCUT2D eigenvalue weighted by molar-refractivity contribution is -0.151. The Morgan fingerprint density at radius 1 is 0.981 bits per heavy atom. The smallest absolute Gasteiger partial charge is 0.264 e. The van der Waals surface area contributed by atoms with Crippen molar-refractivity contribution in [3.63, 3.8) is 0 Å². The lowest BCUT2D eigenvalue weighted by Gasteiger charge is -2.37. The minimum absolute atomic E-state index is 0.0540. The van der Waals surface area contributed by atoms with E-state index in [9.17, 15) is 24.3 Å². The van der Waals surface area contributed by atoms with E-state index in [0.29, 0.717) is 47.8 Å². The summed E-state index contributed by atoms with van der Waals surface area (Å²) in [6, 6.07) is 29.4. The summed E-state index contributed by atoms with van der Waals surface area (Å²) in [6.45, 7) is 6.07. The largest absolute Gasteiger partial charge is 0.497 e. The summed E-state index contributed by atoms with van der Waals surface area (Å²) in [6.07, 6.45) is -0.280. The van der Waals surface area contributed by atoms with Gasteiger partial charge in [0.05, 0.1) is 44.5 Å². The van der Waals surface area contributed by atoms with Crippen molar-refractivity contribution in [1.82, 2.24) is 4.90 Å². The van der Waals surface area contributed by atoms with E-state index in [1.807, 2.05) is 80.7 Å². The number of benzene rings is 4. The third-order valence-electron chi connectivity index (χ3n) is 11.0. The van der Waals surface area contributed by atoms with Gasteiger partial charge in [0, 0.05) is 34.8 Å². The van der Waals surface area contributed by atoms with E-state index in [0.717, 1.165) is 16.7 Å². The van der Waals surface area contributed by atoms with E-state index < -0.39 is 31.5 Å². The van der Waals surface area contributed by atoms with Gasteiger partial charge in [0.25, 0.3) is 11.8 Å². The van der Waals surface area contributed by atoms with Crippen molar-refractivity contribution in [2.75, 3.05) is 23.9 Å². The Morgan fingerprint density at radius 2 is 1.67 bits per heavy atom. The van der Waals surface area contributed by atoms with Crippen LogP contribution in [0.25, 0.3) is 0 Å². The van der Waals surface area contributed by atoms with Crippen LogP contribution in [0.5, 0.6) is 5.75 Å². The van der Waals surface area contributed by atoms with Crippen molar-refractivity contribution in [3.05, 3.63) is 125 Å². The molecule has 7 rings (SSSR count). The van der Waals surface area contributed by atoms with Gasteiger partial charge in [-0.1, -0.05) is 61.5 Å².